The van der Waals surface area contributed by atoms with Gasteiger partial charge in [-0.2, -0.15) is 9.97 Å². The van der Waals surface area contributed by atoms with E-state index >= 15 is 0 Å². The molecule has 0 amide bonds. The highest BCUT2D eigenvalue weighted by molar-refractivity contribution is 5.18. The minimum atomic E-state index is 0.389. The summed E-state index contributed by atoms with van der Waals surface area (Å²) >= 11 is 0. The van der Waals surface area contributed by atoms with E-state index in [-0.39, 0.29) is 0 Å². The third kappa shape index (κ3) is 3.65. The van der Waals surface area contributed by atoms with Crippen molar-refractivity contribution in [2.45, 2.75) is 64.7 Å². The molecular weight excluding hydrogens is 224 g/mol. The summed E-state index contributed by atoms with van der Waals surface area (Å²) in [4.78, 5) is 13.2. The van der Waals surface area contributed by atoms with Crippen LogP contribution in [0.3, 0.4) is 0 Å². The Balaban J connectivity index is 2.17. The molecular formula is C14H24N4. The van der Waals surface area contributed by atoms with Crippen LogP contribution in [0.15, 0.2) is 0 Å². The second-order valence-electron chi connectivity index (χ2n) is 5.75. The van der Waals surface area contributed by atoms with Gasteiger partial charge < -0.3 is 5.73 Å². The van der Waals surface area contributed by atoms with Gasteiger partial charge in [-0.1, -0.05) is 39.5 Å². The maximum absolute atomic E-state index is 5.82. The average molecular weight is 248 g/mol. The van der Waals surface area contributed by atoms with Crippen molar-refractivity contribution in [3.63, 3.8) is 0 Å². The first-order chi connectivity index (χ1) is 8.65. The van der Waals surface area contributed by atoms with Gasteiger partial charge in [0, 0.05) is 12.3 Å². The normalized spacial score (nSPS) is 17.9. The molecule has 1 aromatic heterocycles. The van der Waals surface area contributed by atoms with Crippen molar-refractivity contribution in [3.05, 3.63) is 11.6 Å². The van der Waals surface area contributed by atoms with Gasteiger partial charge in [0.1, 0.15) is 11.6 Å². The highest BCUT2D eigenvalue weighted by atomic mass is 15.1. The molecule has 2 rings (SSSR count). The molecule has 1 heterocycles. The molecule has 100 valence electrons. The van der Waals surface area contributed by atoms with E-state index in [1.165, 1.54) is 38.5 Å². The zero-order valence-corrected chi connectivity index (χ0v) is 11.5. The smallest absolute Gasteiger partial charge is 0.223 e. The van der Waals surface area contributed by atoms with Crippen LogP contribution in [0.2, 0.25) is 0 Å². The predicted octanol–water partition coefficient (Wildman–Crippen LogP) is 3.09. The topological polar surface area (TPSA) is 64.7 Å². The van der Waals surface area contributed by atoms with E-state index in [0.29, 0.717) is 17.8 Å². The summed E-state index contributed by atoms with van der Waals surface area (Å²) in [6.07, 6.45) is 8.54. The van der Waals surface area contributed by atoms with Crippen LogP contribution in [0.4, 0.5) is 5.95 Å². The first-order valence-corrected chi connectivity index (χ1v) is 7.15. The fourth-order valence-electron chi connectivity index (χ4n) is 2.63. The molecule has 0 unspecified atom stereocenters. The van der Waals surface area contributed by atoms with Crippen molar-refractivity contribution >= 4 is 5.95 Å². The quantitative estimate of drug-likeness (QED) is 0.835. The average Bonchev–Trinajstić information content (AvgIpc) is 2.55. The molecule has 0 aromatic carbocycles. The molecule has 1 saturated carbocycles. The number of nitrogens with zero attached hydrogens (tertiary/aromatic N) is 3. The number of nitrogens with two attached hydrogens (primary N) is 1. The van der Waals surface area contributed by atoms with Gasteiger partial charge in [0.2, 0.25) is 5.95 Å². The molecule has 0 saturated heterocycles. The second kappa shape index (κ2) is 6.12. The SMILES string of the molecule is CC(C)Cc1nc(N)nc(C2CCCCCC2)n1. The van der Waals surface area contributed by atoms with Crippen molar-refractivity contribution in [1.82, 2.24) is 15.0 Å². The van der Waals surface area contributed by atoms with Crippen molar-refractivity contribution in [3.8, 4) is 0 Å². The summed E-state index contributed by atoms with van der Waals surface area (Å²) in [7, 11) is 0. The Hall–Kier alpha value is -1.19. The Bertz CT molecular complexity index is 381. The number of rotatable bonds is 3. The van der Waals surface area contributed by atoms with Crippen molar-refractivity contribution < 1.29 is 0 Å². The molecule has 1 aromatic rings. The standard InChI is InChI=1S/C14H24N4/c1-10(2)9-12-16-13(18-14(15)17-12)11-7-5-3-4-6-8-11/h10-11H,3-9H2,1-2H3,(H2,15,16,17,18). The maximum atomic E-state index is 5.82. The van der Waals surface area contributed by atoms with Crippen LogP contribution in [-0.2, 0) is 6.42 Å². The largest absolute Gasteiger partial charge is 0.368 e. The Morgan fingerprint density at radius 1 is 1.06 bits per heavy atom. The van der Waals surface area contributed by atoms with Crippen molar-refractivity contribution in [1.29, 1.82) is 0 Å². The molecule has 0 radical (unpaired) electrons. The van der Waals surface area contributed by atoms with Gasteiger partial charge in [0.15, 0.2) is 0 Å². The lowest BCUT2D eigenvalue weighted by molar-refractivity contribution is 0.545. The summed E-state index contributed by atoms with van der Waals surface area (Å²) in [5, 5.41) is 0. The number of hydrogen-bond donors (Lipinski definition) is 1. The van der Waals surface area contributed by atoms with Crippen molar-refractivity contribution in [2.75, 3.05) is 5.73 Å². The maximum Gasteiger partial charge on any atom is 0.223 e. The highest BCUT2D eigenvalue weighted by Crippen LogP contribution is 2.29. The van der Waals surface area contributed by atoms with Crippen LogP contribution in [0, 0.1) is 5.92 Å². The van der Waals surface area contributed by atoms with E-state index in [9.17, 15) is 0 Å². The van der Waals surface area contributed by atoms with Crippen LogP contribution in [0.25, 0.3) is 0 Å². The molecule has 1 aliphatic carbocycles. The number of anilines is 1. The van der Waals surface area contributed by atoms with Crippen LogP contribution in [0.5, 0.6) is 0 Å². The summed E-state index contributed by atoms with van der Waals surface area (Å²) in [6.45, 7) is 4.34. The number of hydrogen-bond acceptors (Lipinski definition) is 4. The Kier molecular flexibility index (Phi) is 4.50. The van der Waals surface area contributed by atoms with E-state index in [1.54, 1.807) is 0 Å². The van der Waals surface area contributed by atoms with E-state index in [0.717, 1.165) is 18.1 Å². The minimum absolute atomic E-state index is 0.389. The molecule has 18 heavy (non-hydrogen) atoms. The van der Waals surface area contributed by atoms with Crippen LogP contribution < -0.4 is 5.73 Å². The molecule has 4 nitrogen and oxygen atoms in total. The van der Waals surface area contributed by atoms with Crippen LogP contribution in [-0.4, -0.2) is 15.0 Å². The third-order valence-corrected chi connectivity index (χ3v) is 3.53. The fraction of sp³-hybridized carbons (Fsp3) is 0.786. The molecule has 0 atom stereocenters. The zero-order chi connectivity index (χ0) is 13.0. The summed E-state index contributed by atoms with van der Waals surface area (Å²) < 4.78 is 0. The zero-order valence-electron chi connectivity index (χ0n) is 11.5. The highest BCUT2D eigenvalue weighted by Gasteiger charge is 2.18. The van der Waals surface area contributed by atoms with Gasteiger partial charge in [-0.15, -0.1) is 0 Å². The molecule has 0 aliphatic heterocycles. The predicted molar refractivity (Wildman–Crippen MR) is 73.2 cm³/mol. The summed E-state index contributed by atoms with van der Waals surface area (Å²) in [5.41, 5.74) is 5.82. The van der Waals surface area contributed by atoms with E-state index < -0.39 is 0 Å². The number of nitrogen functional groups attached to an aromatic ring is 1. The van der Waals surface area contributed by atoms with Crippen LogP contribution in [0.1, 0.15) is 69.9 Å². The van der Waals surface area contributed by atoms with Gasteiger partial charge in [0.25, 0.3) is 0 Å². The molecule has 1 aliphatic rings. The first kappa shape index (κ1) is 13.2. The van der Waals surface area contributed by atoms with E-state index in [1.807, 2.05) is 0 Å². The van der Waals surface area contributed by atoms with Gasteiger partial charge in [-0.3, -0.25) is 0 Å². The number of aromatic nitrogens is 3. The van der Waals surface area contributed by atoms with E-state index in [4.69, 9.17) is 5.73 Å². The molecule has 0 spiro atoms. The van der Waals surface area contributed by atoms with Gasteiger partial charge in [-0.25, -0.2) is 4.98 Å². The monoisotopic (exact) mass is 248 g/mol. The van der Waals surface area contributed by atoms with Crippen molar-refractivity contribution in [2.24, 2.45) is 5.92 Å². The molecule has 1 fully saturated rings. The minimum Gasteiger partial charge on any atom is -0.368 e. The molecule has 0 bridgehead atoms. The first-order valence-electron chi connectivity index (χ1n) is 7.15. The lowest BCUT2D eigenvalue weighted by Crippen LogP contribution is -2.12. The van der Waals surface area contributed by atoms with E-state index in [2.05, 4.69) is 28.8 Å². The Morgan fingerprint density at radius 3 is 2.33 bits per heavy atom. The lowest BCUT2D eigenvalue weighted by Gasteiger charge is -2.14. The fourth-order valence-corrected chi connectivity index (χ4v) is 2.63. The Labute approximate surface area is 109 Å². The summed E-state index contributed by atoms with van der Waals surface area (Å²) in [6, 6.07) is 0. The summed E-state index contributed by atoms with van der Waals surface area (Å²) in [5.74, 6) is 3.22. The van der Waals surface area contributed by atoms with Gasteiger partial charge in [0.05, 0.1) is 0 Å². The Morgan fingerprint density at radius 2 is 1.72 bits per heavy atom. The second-order valence-corrected chi connectivity index (χ2v) is 5.75. The third-order valence-electron chi connectivity index (χ3n) is 3.53. The molecule has 4 heteroatoms. The van der Waals surface area contributed by atoms with Gasteiger partial charge in [-0.05, 0) is 18.8 Å². The molecule has 2 N–H and O–H groups in total. The lowest BCUT2D eigenvalue weighted by atomic mass is 9.99. The van der Waals surface area contributed by atoms with Gasteiger partial charge >= 0.3 is 0 Å². The van der Waals surface area contributed by atoms with Crippen LogP contribution >= 0.6 is 0 Å².